The summed E-state index contributed by atoms with van der Waals surface area (Å²) in [5.41, 5.74) is 2.54. The molecule has 2 atom stereocenters. The summed E-state index contributed by atoms with van der Waals surface area (Å²) >= 11 is 0. The van der Waals surface area contributed by atoms with Crippen LogP contribution in [0.5, 0.6) is 11.5 Å². The van der Waals surface area contributed by atoms with Gasteiger partial charge in [-0.2, -0.15) is 0 Å². The van der Waals surface area contributed by atoms with Crippen molar-refractivity contribution in [3.63, 3.8) is 0 Å². The van der Waals surface area contributed by atoms with Crippen molar-refractivity contribution in [3.05, 3.63) is 23.3 Å². The maximum Gasteiger partial charge on any atom is 0.161 e. The van der Waals surface area contributed by atoms with Gasteiger partial charge in [0.05, 0.1) is 14.2 Å². The first-order valence-electron chi connectivity index (χ1n) is 8.19. The third kappa shape index (κ3) is 3.33. The summed E-state index contributed by atoms with van der Waals surface area (Å²) in [6.07, 6.45) is 3.74. The molecule has 23 heavy (non-hydrogen) atoms. The van der Waals surface area contributed by atoms with E-state index in [0.29, 0.717) is 12.2 Å². The van der Waals surface area contributed by atoms with Crippen molar-refractivity contribution in [2.24, 2.45) is 5.92 Å². The highest BCUT2D eigenvalue weighted by molar-refractivity contribution is 5.85. The lowest BCUT2D eigenvalue weighted by Gasteiger charge is -2.43. The zero-order valence-corrected chi connectivity index (χ0v) is 14.9. The minimum absolute atomic E-state index is 0. The average Bonchev–Trinajstić information content (AvgIpc) is 2.54. The number of hydrogen-bond donors (Lipinski definition) is 0. The molecule has 4 nitrogen and oxygen atoms in total. The number of benzene rings is 1. The van der Waals surface area contributed by atoms with E-state index in [0.717, 1.165) is 43.9 Å². The van der Waals surface area contributed by atoms with Crippen LogP contribution >= 0.6 is 12.4 Å². The molecule has 1 aromatic carbocycles. The van der Waals surface area contributed by atoms with Crippen molar-refractivity contribution in [1.29, 1.82) is 0 Å². The molecule has 2 heterocycles. The van der Waals surface area contributed by atoms with E-state index in [4.69, 9.17) is 9.47 Å². The second-order valence-electron chi connectivity index (χ2n) is 6.32. The Morgan fingerprint density at radius 3 is 2.57 bits per heavy atom. The summed E-state index contributed by atoms with van der Waals surface area (Å²) in [6.45, 7) is 4.09. The highest BCUT2D eigenvalue weighted by atomic mass is 35.5. The fraction of sp³-hybridized carbons (Fsp3) is 0.611. The number of fused-ring (bicyclic) bond motifs is 3. The molecule has 0 spiro atoms. The van der Waals surface area contributed by atoms with Gasteiger partial charge in [-0.25, -0.2) is 0 Å². The molecule has 2 aliphatic heterocycles. The van der Waals surface area contributed by atoms with E-state index in [9.17, 15) is 4.79 Å². The Bertz CT molecular complexity index is 576. The van der Waals surface area contributed by atoms with Gasteiger partial charge in [-0.3, -0.25) is 9.69 Å². The zero-order valence-electron chi connectivity index (χ0n) is 14.1. The number of Topliss-reactive ketones (excluding diaryl/α,β-unsaturated/α-hetero) is 1. The van der Waals surface area contributed by atoms with E-state index >= 15 is 0 Å². The predicted octanol–water partition coefficient (Wildman–Crippen LogP) is 3.41. The quantitative estimate of drug-likeness (QED) is 0.842. The van der Waals surface area contributed by atoms with Crippen LogP contribution < -0.4 is 9.47 Å². The summed E-state index contributed by atoms with van der Waals surface area (Å²) in [5, 5.41) is 0. The summed E-state index contributed by atoms with van der Waals surface area (Å²) in [4.78, 5) is 14.9. The van der Waals surface area contributed by atoms with Gasteiger partial charge < -0.3 is 9.47 Å². The van der Waals surface area contributed by atoms with Crippen LogP contribution in [-0.2, 0) is 11.2 Å². The average molecular weight is 340 g/mol. The number of carbonyl (C=O) groups excluding carboxylic acids is 1. The third-order valence-corrected chi connectivity index (χ3v) is 5.06. The number of ether oxygens (including phenoxy) is 2. The van der Waals surface area contributed by atoms with Crippen LogP contribution in [0, 0.1) is 5.92 Å². The number of nitrogens with zero attached hydrogens (tertiary/aromatic N) is 1. The van der Waals surface area contributed by atoms with Gasteiger partial charge in [0.15, 0.2) is 11.5 Å². The lowest BCUT2D eigenvalue weighted by atomic mass is 9.81. The Morgan fingerprint density at radius 1 is 1.22 bits per heavy atom. The van der Waals surface area contributed by atoms with Gasteiger partial charge >= 0.3 is 0 Å². The van der Waals surface area contributed by atoms with Gasteiger partial charge in [0.1, 0.15) is 5.78 Å². The van der Waals surface area contributed by atoms with E-state index in [1.54, 1.807) is 14.2 Å². The molecule has 0 saturated carbocycles. The molecular formula is C18H26ClNO3. The van der Waals surface area contributed by atoms with Gasteiger partial charge in [0, 0.05) is 31.5 Å². The van der Waals surface area contributed by atoms with Crippen LogP contribution in [0.25, 0.3) is 0 Å². The predicted molar refractivity (Wildman–Crippen MR) is 92.8 cm³/mol. The minimum Gasteiger partial charge on any atom is -0.493 e. The number of methoxy groups -OCH3 is 2. The minimum atomic E-state index is 0. The van der Waals surface area contributed by atoms with E-state index in [1.165, 1.54) is 11.1 Å². The summed E-state index contributed by atoms with van der Waals surface area (Å²) in [5.74, 6) is 2.18. The third-order valence-electron chi connectivity index (χ3n) is 5.06. The summed E-state index contributed by atoms with van der Waals surface area (Å²) in [7, 11) is 3.33. The maximum atomic E-state index is 12.4. The molecule has 0 bridgehead atoms. The van der Waals surface area contributed by atoms with E-state index in [1.807, 2.05) is 0 Å². The SMILES string of the molecule is CCCC1CN2CCc3cc(OC)c(OC)cc3C2CC1=O.Cl. The molecule has 0 aromatic heterocycles. The van der Waals surface area contributed by atoms with Gasteiger partial charge in [-0.15, -0.1) is 12.4 Å². The smallest absolute Gasteiger partial charge is 0.161 e. The van der Waals surface area contributed by atoms with Gasteiger partial charge in [-0.1, -0.05) is 13.3 Å². The van der Waals surface area contributed by atoms with Crippen molar-refractivity contribution in [2.75, 3.05) is 27.3 Å². The lowest BCUT2D eigenvalue weighted by molar-refractivity contribution is -0.129. The van der Waals surface area contributed by atoms with E-state index in [2.05, 4.69) is 24.0 Å². The number of halogens is 1. The Morgan fingerprint density at radius 2 is 1.91 bits per heavy atom. The van der Waals surface area contributed by atoms with Crippen molar-refractivity contribution in [2.45, 2.75) is 38.6 Å². The molecule has 5 heteroatoms. The first-order chi connectivity index (χ1) is 10.7. The summed E-state index contributed by atoms with van der Waals surface area (Å²) < 4.78 is 10.8. The van der Waals surface area contributed by atoms with Crippen LogP contribution in [0.4, 0.5) is 0 Å². The van der Waals surface area contributed by atoms with Crippen molar-refractivity contribution in [1.82, 2.24) is 4.90 Å². The maximum absolute atomic E-state index is 12.4. The van der Waals surface area contributed by atoms with Crippen LogP contribution in [0.2, 0.25) is 0 Å². The number of hydrogen-bond acceptors (Lipinski definition) is 4. The second-order valence-corrected chi connectivity index (χ2v) is 6.32. The molecule has 1 aromatic rings. The monoisotopic (exact) mass is 339 g/mol. The van der Waals surface area contributed by atoms with Gasteiger partial charge in [0.2, 0.25) is 0 Å². The molecule has 2 aliphatic rings. The summed E-state index contributed by atoms with van der Waals surface area (Å²) in [6, 6.07) is 4.36. The standard InChI is InChI=1S/C18H25NO3.ClH/c1-4-5-13-11-19-7-6-12-8-17(21-2)18(22-3)9-14(12)15(19)10-16(13)20;/h8-9,13,15H,4-7,10-11H2,1-3H3;1H. The topological polar surface area (TPSA) is 38.8 Å². The molecule has 3 rings (SSSR count). The Kier molecular flexibility index (Phi) is 5.93. The van der Waals surface area contributed by atoms with Crippen LogP contribution in [0.15, 0.2) is 12.1 Å². The van der Waals surface area contributed by atoms with Crippen LogP contribution in [0.1, 0.15) is 43.4 Å². The molecule has 0 amide bonds. The Hall–Kier alpha value is -1.26. The first-order valence-corrected chi connectivity index (χ1v) is 8.19. The Balaban J connectivity index is 0.00000192. The van der Waals surface area contributed by atoms with Crippen molar-refractivity contribution >= 4 is 18.2 Å². The van der Waals surface area contributed by atoms with Gasteiger partial charge in [0.25, 0.3) is 0 Å². The van der Waals surface area contributed by atoms with Crippen LogP contribution in [0.3, 0.4) is 0 Å². The van der Waals surface area contributed by atoms with Crippen molar-refractivity contribution in [3.8, 4) is 11.5 Å². The molecule has 1 fully saturated rings. The molecule has 128 valence electrons. The zero-order chi connectivity index (χ0) is 15.7. The second kappa shape index (κ2) is 7.54. The van der Waals surface area contributed by atoms with E-state index in [-0.39, 0.29) is 24.4 Å². The highest BCUT2D eigenvalue weighted by Gasteiger charge is 2.37. The Labute approximate surface area is 144 Å². The largest absolute Gasteiger partial charge is 0.493 e. The number of piperidine rings is 1. The normalized spacial score (nSPS) is 23.5. The lowest BCUT2D eigenvalue weighted by Crippen LogP contribution is -2.46. The number of ketones is 1. The molecule has 0 aliphatic carbocycles. The van der Waals surface area contributed by atoms with Crippen LogP contribution in [-0.4, -0.2) is 38.0 Å². The molecular weight excluding hydrogens is 314 g/mol. The van der Waals surface area contributed by atoms with E-state index < -0.39 is 0 Å². The fourth-order valence-corrected chi connectivity index (χ4v) is 3.88. The molecule has 0 radical (unpaired) electrons. The number of rotatable bonds is 4. The highest BCUT2D eigenvalue weighted by Crippen LogP contribution is 2.42. The first kappa shape index (κ1) is 18.1. The number of carbonyl (C=O) groups is 1. The van der Waals surface area contributed by atoms with Crippen molar-refractivity contribution < 1.29 is 14.3 Å². The molecule has 0 N–H and O–H groups in total. The molecule has 2 unspecified atom stereocenters. The fourth-order valence-electron chi connectivity index (χ4n) is 3.88. The van der Waals surface area contributed by atoms with Gasteiger partial charge in [-0.05, 0) is 36.1 Å². The molecule has 1 saturated heterocycles.